The van der Waals surface area contributed by atoms with Crippen molar-refractivity contribution in [3.05, 3.63) is 75.9 Å². The number of aromatic nitrogens is 3. The lowest BCUT2D eigenvalue weighted by Crippen LogP contribution is -2.30. The topological polar surface area (TPSA) is 50.5 Å². The first kappa shape index (κ1) is 15.0. The van der Waals surface area contributed by atoms with Gasteiger partial charge in [0.25, 0.3) is 5.91 Å². The highest BCUT2D eigenvalue weighted by atomic mass is 32.1. The van der Waals surface area contributed by atoms with Gasteiger partial charge in [-0.2, -0.15) is 11.3 Å². The van der Waals surface area contributed by atoms with E-state index in [9.17, 15) is 4.79 Å². The van der Waals surface area contributed by atoms with E-state index in [4.69, 9.17) is 0 Å². The zero-order valence-corrected chi connectivity index (χ0v) is 14.3. The number of thiophene rings is 1. The van der Waals surface area contributed by atoms with Crippen LogP contribution < -0.4 is 0 Å². The second-order valence-electron chi connectivity index (χ2n) is 5.37. The number of fused-ring (bicyclic) bond motifs is 1. The molecule has 0 atom stereocenters. The van der Waals surface area contributed by atoms with Crippen LogP contribution in [-0.2, 0) is 13.1 Å². The maximum absolute atomic E-state index is 13.0. The van der Waals surface area contributed by atoms with Crippen molar-refractivity contribution >= 4 is 33.5 Å². The Hall–Kier alpha value is -2.51. The molecule has 4 aromatic heterocycles. The van der Waals surface area contributed by atoms with Crippen molar-refractivity contribution in [2.24, 2.45) is 0 Å². The molecule has 0 aromatic carbocycles. The average molecular weight is 354 g/mol. The fourth-order valence-corrected chi connectivity index (χ4v) is 3.87. The van der Waals surface area contributed by atoms with E-state index in [1.807, 2.05) is 44.5 Å². The van der Waals surface area contributed by atoms with Gasteiger partial charge in [-0.1, -0.05) is 6.07 Å². The fourth-order valence-electron chi connectivity index (χ4n) is 2.51. The van der Waals surface area contributed by atoms with Crippen molar-refractivity contribution in [2.45, 2.75) is 13.1 Å². The molecule has 0 saturated carbocycles. The smallest absolute Gasteiger partial charge is 0.274 e. The number of amides is 1. The molecule has 4 rings (SSSR count). The molecule has 0 bridgehead atoms. The predicted molar refractivity (Wildman–Crippen MR) is 95.2 cm³/mol. The molecule has 24 heavy (non-hydrogen) atoms. The van der Waals surface area contributed by atoms with E-state index in [2.05, 4.69) is 15.3 Å². The number of carbonyl (C=O) groups is 1. The Labute approximate surface area is 146 Å². The summed E-state index contributed by atoms with van der Waals surface area (Å²) in [5, 5.41) is 6.04. The van der Waals surface area contributed by atoms with E-state index in [1.165, 1.54) is 11.3 Å². The molecular formula is C17H14N4OS2. The Balaban J connectivity index is 1.62. The number of hydrogen-bond acceptors (Lipinski definition) is 5. The summed E-state index contributed by atoms with van der Waals surface area (Å²) in [6.45, 7) is 1.07. The number of nitrogens with zero attached hydrogens (tertiary/aromatic N) is 4. The summed E-state index contributed by atoms with van der Waals surface area (Å²) in [4.78, 5) is 24.2. The van der Waals surface area contributed by atoms with Crippen molar-refractivity contribution in [3.63, 3.8) is 0 Å². The van der Waals surface area contributed by atoms with E-state index < -0.39 is 0 Å². The SMILES string of the molecule is O=C(c1cn2ccsc2n1)N(Cc1cccnc1)Cc1ccsc1. The van der Waals surface area contributed by atoms with Gasteiger partial charge in [0.2, 0.25) is 0 Å². The van der Waals surface area contributed by atoms with Crippen LogP contribution in [0.15, 0.2) is 59.1 Å². The molecule has 0 spiro atoms. The minimum Gasteiger partial charge on any atom is -0.329 e. The summed E-state index contributed by atoms with van der Waals surface area (Å²) in [6.07, 6.45) is 7.23. The van der Waals surface area contributed by atoms with Gasteiger partial charge in [-0.25, -0.2) is 4.98 Å². The van der Waals surface area contributed by atoms with Crippen LogP contribution in [0.4, 0.5) is 0 Å². The predicted octanol–water partition coefficient (Wildman–Crippen LogP) is 3.69. The minimum atomic E-state index is -0.0686. The fraction of sp³-hybridized carbons (Fsp3) is 0.118. The quantitative estimate of drug-likeness (QED) is 0.549. The third-order valence-electron chi connectivity index (χ3n) is 3.65. The first-order valence-corrected chi connectivity index (χ1v) is 9.23. The maximum Gasteiger partial charge on any atom is 0.274 e. The summed E-state index contributed by atoms with van der Waals surface area (Å²) in [6, 6.07) is 5.90. The van der Waals surface area contributed by atoms with Gasteiger partial charge < -0.3 is 4.90 Å². The molecule has 0 radical (unpaired) electrons. The first-order valence-electron chi connectivity index (χ1n) is 7.41. The van der Waals surface area contributed by atoms with Crippen LogP contribution in [-0.4, -0.2) is 25.2 Å². The van der Waals surface area contributed by atoms with Crippen LogP contribution >= 0.6 is 22.7 Å². The van der Waals surface area contributed by atoms with E-state index in [0.717, 1.165) is 16.1 Å². The number of pyridine rings is 1. The van der Waals surface area contributed by atoms with Gasteiger partial charge in [0.05, 0.1) is 0 Å². The lowest BCUT2D eigenvalue weighted by atomic mass is 10.2. The lowest BCUT2D eigenvalue weighted by Gasteiger charge is -2.21. The molecule has 0 fully saturated rings. The Morgan fingerprint density at radius 1 is 1.21 bits per heavy atom. The number of hydrogen-bond donors (Lipinski definition) is 0. The van der Waals surface area contributed by atoms with Crippen LogP contribution in [0.5, 0.6) is 0 Å². The van der Waals surface area contributed by atoms with Crippen LogP contribution in [0.25, 0.3) is 4.96 Å². The molecule has 0 N–H and O–H groups in total. The highest BCUT2D eigenvalue weighted by Crippen LogP contribution is 2.17. The number of thiazole rings is 1. The van der Waals surface area contributed by atoms with Crippen molar-refractivity contribution in [2.75, 3.05) is 0 Å². The molecule has 0 unspecified atom stereocenters. The van der Waals surface area contributed by atoms with Crippen molar-refractivity contribution in [1.82, 2.24) is 19.3 Å². The highest BCUT2D eigenvalue weighted by molar-refractivity contribution is 7.15. The third kappa shape index (κ3) is 3.08. The van der Waals surface area contributed by atoms with Gasteiger partial charge in [0, 0.05) is 43.3 Å². The summed E-state index contributed by atoms with van der Waals surface area (Å²) in [5.41, 5.74) is 2.60. The molecule has 1 amide bonds. The molecule has 7 heteroatoms. The highest BCUT2D eigenvalue weighted by Gasteiger charge is 2.20. The molecule has 0 aliphatic carbocycles. The van der Waals surface area contributed by atoms with Gasteiger partial charge in [-0.05, 0) is 34.0 Å². The summed E-state index contributed by atoms with van der Waals surface area (Å²) in [7, 11) is 0. The Morgan fingerprint density at radius 2 is 2.12 bits per heavy atom. The molecule has 4 heterocycles. The van der Waals surface area contributed by atoms with Crippen LogP contribution in [0, 0.1) is 0 Å². The molecule has 120 valence electrons. The van der Waals surface area contributed by atoms with Gasteiger partial charge in [0.15, 0.2) is 4.96 Å². The monoisotopic (exact) mass is 354 g/mol. The van der Waals surface area contributed by atoms with E-state index in [-0.39, 0.29) is 5.91 Å². The standard InChI is InChI=1S/C17H14N4OS2/c22-16(15-11-20-5-7-24-17(20)19-15)21(10-14-3-6-23-12-14)9-13-2-1-4-18-8-13/h1-8,11-12H,9-10H2. The van der Waals surface area contributed by atoms with Crippen molar-refractivity contribution < 1.29 is 4.79 Å². The van der Waals surface area contributed by atoms with Gasteiger partial charge in [-0.15, -0.1) is 11.3 Å². The van der Waals surface area contributed by atoms with Crippen LogP contribution in [0.2, 0.25) is 0 Å². The van der Waals surface area contributed by atoms with Crippen molar-refractivity contribution in [1.29, 1.82) is 0 Å². The normalized spacial score (nSPS) is 11.0. The Bertz CT molecular complexity index is 915. The lowest BCUT2D eigenvalue weighted by molar-refractivity contribution is 0.0725. The third-order valence-corrected chi connectivity index (χ3v) is 5.15. The molecular weight excluding hydrogens is 340 g/mol. The molecule has 0 aliphatic heterocycles. The summed E-state index contributed by atoms with van der Waals surface area (Å²) >= 11 is 3.15. The van der Waals surface area contributed by atoms with E-state index in [0.29, 0.717) is 18.8 Å². The van der Waals surface area contributed by atoms with Gasteiger partial charge >= 0.3 is 0 Å². The van der Waals surface area contributed by atoms with E-state index in [1.54, 1.807) is 29.9 Å². The summed E-state index contributed by atoms with van der Waals surface area (Å²) < 4.78 is 1.88. The summed E-state index contributed by atoms with van der Waals surface area (Å²) in [5.74, 6) is -0.0686. The van der Waals surface area contributed by atoms with Gasteiger partial charge in [-0.3, -0.25) is 14.2 Å². The Morgan fingerprint density at radius 3 is 2.88 bits per heavy atom. The zero-order valence-electron chi connectivity index (χ0n) is 12.7. The van der Waals surface area contributed by atoms with Crippen LogP contribution in [0.1, 0.15) is 21.6 Å². The largest absolute Gasteiger partial charge is 0.329 e. The Kier molecular flexibility index (Phi) is 4.10. The number of carbonyl (C=O) groups excluding carboxylic acids is 1. The average Bonchev–Trinajstić information content (AvgIpc) is 3.31. The number of rotatable bonds is 5. The van der Waals surface area contributed by atoms with Crippen LogP contribution in [0.3, 0.4) is 0 Å². The minimum absolute atomic E-state index is 0.0686. The molecule has 0 saturated heterocycles. The van der Waals surface area contributed by atoms with E-state index >= 15 is 0 Å². The van der Waals surface area contributed by atoms with Gasteiger partial charge in [0.1, 0.15) is 5.69 Å². The van der Waals surface area contributed by atoms with Crippen molar-refractivity contribution in [3.8, 4) is 0 Å². The molecule has 5 nitrogen and oxygen atoms in total. The second-order valence-corrected chi connectivity index (χ2v) is 7.03. The number of imidazole rings is 1. The zero-order chi connectivity index (χ0) is 16.4. The first-order chi connectivity index (χ1) is 11.8. The maximum atomic E-state index is 13.0. The molecule has 0 aliphatic rings. The second kappa shape index (κ2) is 6.54. The molecule has 4 aromatic rings.